The molecule has 0 saturated carbocycles. The lowest BCUT2D eigenvalue weighted by Gasteiger charge is -2.25. The Morgan fingerprint density at radius 1 is 0.974 bits per heavy atom. The maximum Gasteiger partial charge on any atom is 0.241 e. The second kappa shape index (κ2) is 19.0. The number of fused-ring (bicyclic) bond motifs is 2. The fourth-order valence-corrected chi connectivity index (χ4v) is 4.16. The van der Waals surface area contributed by atoms with Crippen molar-refractivity contribution in [3.05, 3.63) is 88.3 Å². The average Bonchev–Trinajstić information content (AvgIpc) is 3.11. The van der Waals surface area contributed by atoms with Gasteiger partial charge in [0.15, 0.2) is 0 Å². The molecule has 1 unspecified atom stereocenters. The standard InChI is InChI=1S/C24H27N3O2.C5H10.2C2H6/c1-2-3-8-23(28)26-16-20-6-4-5-7-22(20)27(24(29)17-26)15-18-9-10-19-11-12-25-14-21(19)13-18;1-3-5-4-2;2*1-2/h2-7,9-11,13-14,23,25,28H,8,12,15-17H2,1H3;3,5H,4H2,1-2H3;2*1-2H3/b3-2-;5-3+;;. The number of carbonyl (C=O) groups excluding carboxylic acids is 1. The number of para-hydroxylation sites is 1. The molecule has 208 valence electrons. The van der Waals surface area contributed by atoms with Crippen molar-refractivity contribution >= 4 is 23.9 Å². The van der Waals surface area contributed by atoms with E-state index in [1.54, 1.807) is 0 Å². The highest BCUT2D eigenvalue weighted by molar-refractivity contribution is 5.96. The van der Waals surface area contributed by atoms with Gasteiger partial charge in [-0.05, 0) is 54.0 Å². The Morgan fingerprint density at radius 3 is 2.34 bits per heavy atom. The first kappa shape index (κ1) is 32.9. The summed E-state index contributed by atoms with van der Waals surface area (Å²) in [6.07, 6.45) is 13.2. The molecule has 1 amide bonds. The summed E-state index contributed by atoms with van der Waals surface area (Å²) in [4.78, 5) is 16.9. The second-order valence-corrected chi connectivity index (χ2v) is 8.50. The molecule has 2 aliphatic rings. The zero-order valence-electron chi connectivity index (χ0n) is 24.6. The highest BCUT2D eigenvalue weighted by Gasteiger charge is 2.29. The number of aliphatic hydroxyl groups excluding tert-OH is 1. The smallest absolute Gasteiger partial charge is 0.241 e. The number of hydrogen-bond acceptors (Lipinski definition) is 4. The number of hydrogen-bond donors (Lipinski definition) is 2. The Hall–Kier alpha value is -3.15. The number of aliphatic hydroxyl groups is 1. The van der Waals surface area contributed by atoms with Crippen LogP contribution in [0.2, 0.25) is 0 Å². The Labute approximate surface area is 230 Å². The quantitative estimate of drug-likeness (QED) is 0.497. The largest absolute Gasteiger partial charge is 0.387 e. The zero-order valence-corrected chi connectivity index (χ0v) is 24.6. The van der Waals surface area contributed by atoms with Gasteiger partial charge in [-0.3, -0.25) is 9.69 Å². The fourth-order valence-electron chi connectivity index (χ4n) is 4.16. The highest BCUT2D eigenvalue weighted by Crippen LogP contribution is 2.28. The molecule has 0 radical (unpaired) electrons. The van der Waals surface area contributed by atoms with Gasteiger partial charge >= 0.3 is 0 Å². The van der Waals surface area contributed by atoms with E-state index >= 15 is 0 Å². The maximum atomic E-state index is 13.2. The van der Waals surface area contributed by atoms with Gasteiger partial charge in [-0.25, -0.2) is 0 Å². The number of amides is 1. The molecule has 0 aliphatic carbocycles. The van der Waals surface area contributed by atoms with Crippen molar-refractivity contribution < 1.29 is 9.90 Å². The molecule has 38 heavy (non-hydrogen) atoms. The van der Waals surface area contributed by atoms with Gasteiger partial charge < -0.3 is 15.3 Å². The molecule has 2 N–H and O–H groups in total. The minimum absolute atomic E-state index is 0.000802. The van der Waals surface area contributed by atoms with Crippen LogP contribution in [0.4, 0.5) is 5.69 Å². The first-order valence-corrected chi connectivity index (χ1v) is 14.1. The highest BCUT2D eigenvalue weighted by atomic mass is 16.3. The molecule has 0 spiro atoms. The predicted octanol–water partition coefficient (Wildman–Crippen LogP) is 5.47. The lowest BCUT2D eigenvalue weighted by atomic mass is 10.1. The Balaban J connectivity index is 0.000000709. The van der Waals surface area contributed by atoms with Crippen LogP contribution < -0.4 is 20.7 Å². The molecular formula is C33H49N3O2. The van der Waals surface area contributed by atoms with Crippen LogP contribution in [-0.2, 0) is 17.9 Å². The van der Waals surface area contributed by atoms with Crippen molar-refractivity contribution in [1.82, 2.24) is 10.2 Å². The summed E-state index contributed by atoms with van der Waals surface area (Å²) < 4.78 is 0. The van der Waals surface area contributed by atoms with E-state index in [1.165, 1.54) is 5.22 Å². The van der Waals surface area contributed by atoms with Crippen LogP contribution in [0.1, 0.15) is 72.4 Å². The second-order valence-electron chi connectivity index (χ2n) is 8.50. The molecular weight excluding hydrogens is 470 g/mol. The van der Waals surface area contributed by atoms with Crippen molar-refractivity contribution in [1.29, 1.82) is 0 Å². The summed E-state index contributed by atoms with van der Waals surface area (Å²) in [6, 6.07) is 14.3. The number of nitrogens with one attached hydrogen (secondary N) is 1. The minimum Gasteiger partial charge on any atom is -0.387 e. The Bertz CT molecular complexity index is 1140. The molecule has 2 aromatic rings. The first-order valence-electron chi connectivity index (χ1n) is 14.1. The van der Waals surface area contributed by atoms with E-state index < -0.39 is 6.23 Å². The average molecular weight is 520 g/mol. The Morgan fingerprint density at radius 2 is 1.68 bits per heavy atom. The van der Waals surface area contributed by atoms with Crippen molar-refractivity contribution in [3.63, 3.8) is 0 Å². The minimum atomic E-state index is -0.678. The first-order chi connectivity index (χ1) is 18.6. The molecule has 0 saturated heterocycles. The van der Waals surface area contributed by atoms with Gasteiger partial charge in [0.05, 0.1) is 13.1 Å². The summed E-state index contributed by atoms with van der Waals surface area (Å²) in [5.74, 6) is 0.000802. The summed E-state index contributed by atoms with van der Waals surface area (Å²) >= 11 is 0. The van der Waals surface area contributed by atoms with Gasteiger partial charge in [-0.15, -0.1) is 0 Å². The predicted molar refractivity (Wildman–Crippen MR) is 164 cm³/mol. The van der Waals surface area contributed by atoms with Gasteiger partial charge in [0, 0.05) is 31.4 Å². The molecule has 2 aliphatic heterocycles. The van der Waals surface area contributed by atoms with Crippen LogP contribution in [0.5, 0.6) is 0 Å². The lowest BCUT2D eigenvalue weighted by Crippen LogP contribution is -2.41. The fraction of sp³-hybridized carbons (Fsp3) is 0.424. The molecule has 0 bridgehead atoms. The van der Waals surface area contributed by atoms with Crippen molar-refractivity contribution in [2.75, 3.05) is 18.0 Å². The van der Waals surface area contributed by atoms with E-state index in [9.17, 15) is 9.90 Å². The topological polar surface area (TPSA) is 55.8 Å². The number of rotatable bonds is 6. The third-order valence-corrected chi connectivity index (χ3v) is 5.96. The van der Waals surface area contributed by atoms with Crippen LogP contribution in [0.15, 0.2) is 66.8 Å². The molecule has 2 aromatic carbocycles. The third-order valence-electron chi connectivity index (χ3n) is 5.96. The van der Waals surface area contributed by atoms with Crippen LogP contribution >= 0.6 is 0 Å². The number of benzene rings is 2. The van der Waals surface area contributed by atoms with Crippen LogP contribution in [0.3, 0.4) is 0 Å². The molecule has 5 heteroatoms. The van der Waals surface area contributed by atoms with E-state index in [4.69, 9.17) is 0 Å². The molecule has 4 rings (SSSR count). The molecule has 1 atom stereocenters. The maximum absolute atomic E-state index is 13.2. The SMILES string of the molecule is C/C=C/CC.C/C=C\CC(O)N1CC(=O)N(Cc2ccc3c(c2)=CNCC=3)c2ccccc2C1.CC.CC. The van der Waals surface area contributed by atoms with Crippen molar-refractivity contribution in [2.45, 2.75) is 80.6 Å². The van der Waals surface area contributed by atoms with E-state index in [1.807, 2.05) is 94.0 Å². The molecule has 0 aromatic heterocycles. The molecule has 5 nitrogen and oxygen atoms in total. The Kier molecular flexibility index (Phi) is 16.4. The van der Waals surface area contributed by atoms with Crippen LogP contribution in [0, 0.1) is 0 Å². The third kappa shape index (κ3) is 9.96. The summed E-state index contributed by atoms with van der Waals surface area (Å²) in [6.45, 7) is 16.2. The van der Waals surface area contributed by atoms with Gasteiger partial charge in [0.2, 0.25) is 5.91 Å². The van der Waals surface area contributed by atoms with Gasteiger partial charge in [0.1, 0.15) is 6.23 Å². The van der Waals surface area contributed by atoms with Crippen molar-refractivity contribution in [3.8, 4) is 0 Å². The normalized spacial score (nSPS) is 15.1. The van der Waals surface area contributed by atoms with E-state index in [2.05, 4.69) is 48.7 Å². The number of carbonyl (C=O) groups is 1. The lowest BCUT2D eigenvalue weighted by molar-refractivity contribution is -0.122. The van der Waals surface area contributed by atoms with Crippen LogP contribution in [0.25, 0.3) is 12.3 Å². The number of nitrogens with zero attached hydrogens (tertiary/aromatic N) is 2. The van der Waals surface area contributed by atoms with Crippen LogP contribution in [-0.4, -0.2) is 35.2 Å². The van der Waals surface area contributed by atoms with E-state index in [0.717, 1.165) is 35.0 Å². The summed E-state index contributed by atoms with van der Waals surface area (Å²) in [5.41, 5.74) is 3.06. The molecule has 2 heterocycles. The van der Waals surface area contributed by atoms with Gasteiger partial charge in [-0.2, -0.15) is 0 Å². The zero-order chi connectivity index (χ0) is 28.3. The van der Waals surface area contributed by atoms with E-state index in [0.29, 0.717) is 19.5 Å². The summed E-state index contributed by atoms with van der Waals surface area (Å²) in [5, 5.41) is 16.2. The summed E-state index contributed by atoms with van der Waals surface area (Å²) in [7, 11) is 0. The van der Waals surface area contributed by atoms with E-state index in [-0.39, 0.29) is 12.5 Å². The molecule has 0 fully saturated rings. The number of anilines is 1. The van der Waals surface area contributed by atoms with Gasteiger partial charge in [-0.1, -0.05) is 95.3 Å². The van der Waals surface area contributed by atoms with Crippen molar-refractivity contribution in [2.24, 2.45) is 0 Å². The number of allylic oxidation sites excluding steroid dienone is 3. The van der Waals surface area contributed by atoms with Gasteiger partial charge in [0.25, 0.3) is 0 Å². The monoisotopic (exact) mass is 519 g/mol.